The molecule has 2 aromatic rings. The summed E-state index contributed by atoms with van der Waals surface area (Å²) < 4.78 is 33.8. The molecule has 0 aliphatic carbocycles. The lowest BCUT2D eigenvalue weighted by Gasteiger charge is -2.32. The van der Waals surface area contributed by atoms with Gasteiger partial charge in [-0.3, -0.25) is 19.3 Å². The van der Waals surface area contributed by atoms with E-state index in [0.29, 0.717) is 35.9 Å². The van der Waals surface area contributed by atoms with Gasteiger partial charge in [-0.15, -0.1) is 0 Å². The topological polar surface area (TPSA) is 117 Å². The van der Waals surface area contributed by atoms with E-state index >= 15 is 0 Å². The van der Waals surface area contributed by atoms with E-state index in [9.17, 15) is 18.0 Å². The Morgan fingerprint density at radius 3 is 2.82 bits per heavy atom. The predicted molar refractivity (Wildman–Crippen MR) is 130 cm³/mol. The van der Waals surface area contributed by atoms with Crippen LogP contribution in [0.2, 0.25) is 0 Å². The van der Waals surface area contributed by atoms with Gasteiger partial charge in [0.1, 0.15) is 11.6 Å². The molecule has 1 unspecified atom stereocenters. The van der Waals surface area contributed by atoms with E-state index in [1.54, 1.807) is 42.2 Å². The molecule has 0 saturated carbocycles. The summed E-state index contributed by atoms with van der Waals surface area (Å²) >= 11 is 0. The molecule has 4 rings (SSSR count). The highest BCUT2D eigenvalue weighted by molar-refractivity contribution is 7.90. The van der Waals surface area contributed by atoms with Gasteiger partial charge in [-0.2, -0.15) is 0 Å². The van der Waals surface area contributed by atoms with Crippen molar-refractivity contribution >= 4 is 39.0 Å². The van der Waals surface area contributed by atoms with Crippen LogP contribution in [0.15, 0.2) is 58.4 Å². The number of sulfonamides is 1. The summed E-state index contributed by atoms with van der Waals surface area (Å²) in [7, 11) is -3.81. The minimum Gasteiger partial charge on any atom is -0.479 e. The van der Waals surface area contributed by atoms with Crippen molar-refractivity contribution < 1.29 is 22.7 Å². The molecular weight excluding hydrogens is 456 g/mol. The van der Waals surface area contributed by atoms with Gasteiger partial charge in [0.05, 0.1) is 10.6 Å². The zero-order valence-corrected chi connectivity index (χ0v) is 19.8. The molecule has 0 bridgehead atoms. The smallest absolute Gasteiger partial charge is 0.267 e. The van der Waals surface area contributed by atoms with E-state index in [1.807, 2.05) is 6.07 Å². The van der Waals surface area contributed by atoms with E-state index in [2.05, 4.69) is 15.0 Å². The monoisotopic (exact) mass is 484 g/mol. The number of para-hydroxylation sites is 2. The number of fused-ring (bicyclic) bond motifs is 1. The zero-order chi connectivity index (χ0) is 24.1. The van der Waals surface area contributed by atoms with Crippen molar-refractivity contribution in [3.63, 3.8) is 0 Å². The number of nitrogens with one attached hydrogen (secondary N) is 2. The number of aliphatic imine (C=N–C) groups is 1. The van der Waals surface area contributed by atoms with E-state index < -0.39 is 16.1 Å². The first-order valence-corrected chi connectivity index (χ1v) is 12.8. The molecule has 9 nitrogen and oxygen atoms in total. The first kappa shape index (κ1) is 23.7. The zero-order valence-electron chi connectivity index (χ0n) is 19.0. The summed E-state index contributed by atoms with van der Waals surface area (Å²) in [5.74, 6) is 0.516. The van der Waals surface area contributed by atoms with Crippen molar-refractivity contribution in [1.82, 2.24) is 4.72 Å². The van der Waals surface area contributed by atoms with Crippen LogP contribution >= 0.6 is 0 Å². The van der Waals surface area contributed by atoms with Crippen LogP contribution in [0, 0.1) is 0 Å². The molecule has 2 N–H and O–H groups in total. The Morgan fingerprint density at radius 1 is 1.15 bits per heavy atom. The van der Waals surface area contributed by atoms with Crippen molar-refractivity contribution in [3.05, 3.63) is 48.5 Å². The Kier molecular flexibility index (Phi) is 7.16. The number of nitrogens with zero attached hydrogens (tertiary/aromatic N) is 2. The summed E-state index contributed by atoms with van der Waals surface area (Å²) in [4.78, 5) is 31.1. The number of amidine groups is 1. The third-order valence-electron chi connectivity index (χ3n) is 5.69. The largest absolute Gasteiger partial charge is 0.479 e. The Hall–Kier alpha value is -3.40. The molecule has 0 aromatic heterocycles. The van der Waals surface area contributed by atoms with Gasteiger partial charge >= 0.3 is 0 Å². The number of hydrogen-bond acceptors (Lipinski definition) is 6. The Labute approximate surface area is 199 Å². The minimum atomic E-state index is -3.81. The van der Waals surface area contributed by atoms with Gasteiger partial charge in [0.2, 0.25) is 5.91 Å². The van der Waals surface area contributed by atoms with Crippen molar-refractivity contribution in [2.75, 3.05) is 23.3 Å². The first-order chi connectivity index (χ1) is 16.3. The quantitative estimate of drug-likeness (QED) is 0.654. The van der Waals surface area contributed by atoms with Gasteiger partial charge in [0.15, 0.2) is 6.10 Å². The summed E-state index contributed by atoms with van der Waals surface area (Å²) in [5.41, 5.74) is 0.983. The molecule has 0 saturated heterocycles. The summed E-state index contributed by atoms with van der Waals surface area (Å²) in [5, 5.41) is 2.73. The van der Waals surface area contributed by atoms with Gasteiger partial charge in [-0.1, -0.05) is 24.6 Å². The highest BCUT2D eigenvalue weighted by atomic mass is 32.2. The van der Waals surface area contributed by atoms with E-state index in [4.69, 9.17) is 4.74 Å². The fraction of sp³-hybridized carbons (Fsp3) is 0.375. The average molecular weight is 485 g/mol. The SMILES string of the molecule is CC1Oc2ccccc2N(CCC(=O)Nc2cccc(S(=O)(=O)NC3=NCCCCC3)c2)C1=O. The van der Waals surface area contributed by atoms with Gasteiger partial charge in [0.25, 0.3) is 15.9 Å². The molecular formula is C24H28N4O5S. The van der Waals surface area contributed by atoms with Crippen LogP contribution < -0.4 is 19.7 Å². The molecule has 10 heteroatoms. The molecule has 0 radical (unpaired) electrons. The minimum absolute atomic E-state index is 0.0405. The summed E-state index contributed by atoms with van der Waals surface area (Å²) in [6.45, 7) is 2.46. The maximum Gasteiger partial charge on any atom is 0.267 e. The van der Waals surface area contributed by atoms with E-state index in [-0.39, 0.29) is 29.7 Å². The van der Waals surface area contributed by atoms with Gasteiger partial charge in [-0.25, -0.2) is 8.42 Å². The predicted octanol–water partition coefficient (Wildman–Crippen LogP) is 3.08. The lowest BCUT2D eigenvalue weighted by atomic mass is 10.1. The van der Waals surface area contributed by atoms with Crippen LogP contribution in [0.4, 0.5) is 11.4 Å². The highest BCUT2D eigenvalue weighted by Gasteiger charge is 2.31. The Bertz CT molecular complexity index is 1210. The van der Waals surface area contributed by atoms with Crippen LogP contribution in [-0.4, -0.2) is 45.3 Å². The first-order valence-electron chi connectivity index (χ1n) is 11.4. The number of carbonyl (C=O) groups excluding carboxylic acids is 2. The molecule has 2 heterocycles. The third kappa shape index (κ3) is 5.56. The van der Waals surface area contributed by atoms with Crippen molar-refractivity contribution in [2.24, 2.45) is 4.99 Å². The van der Waals surface area contributed by atoms with Crippen LogP contribution in [-0.2, 0) is 19.6 Å². The van der Waals surface area contributed by atoms with E-state index in [1.165, 1.54) is 12.1 Å². The Balaban J connectivity index is 1.40. The average Bonchev–Trinajstić information content (AvgIpc) is 3.08. The molecule has 2 aliphatic rings. The molecule has 0 spiro atoms. The Morgan fingerprint density at radius 2 is 1.97 bits per heavy atom. The fourth-order valence-corrected chi connectivity index (χ4v) is 5.07. The second kappa shape index (κ2) is 10.3. The highest BCUT2D eigenvalue weighted by Crippen LogP contribution is 2.33. The van der Waals surface area contributed by atoms with E-state index in [0.717, 1.165) is 19.3 Å². The maximum atomic E-state index is 12.8. The number of hydrogen-bond donors (Lipinski definition) is 2. The summed E-state index contributed by atoms with van der Waals surface area (Å²) in [6, 6.07) is 13.3. The van der Waals surface area contributed by atoms with Gasteiger partial charge < -0.3 is 15.0 Å². The normalized spacial score (nSPS) is 18.3. The standard InChI is InChI=1S/C24H28N4O5S/c1-17-24(30)28(20-10-4-5-11-21(20)33-17)15-13-23(29)26-18-8-7-9-19(16-18)34(31,32)27-22-12-3-2-6-14-25-22/h4-5,7-11,16-17H,2-3,6,12-15H2,1H3,(H,25,27)(H,26,29). The number of carbonyl (C=O) groups is 2. The number of benzene rings is 2. The molecule has 180 valence electrons. The lowest BCUT2D eigenvalue weighted by Crippen LogP contribution is -2.45. The molecule has 2 amide bonds. The number of rotatable bonds is 6. The maximum absolute atomic E-state index is 12.8. The lowest BCUT2D eigenvalue weighted by molar-refractivity contribution is -0.125. The van der Waals surface area contributed by atoms with Crippen LogP contribution in [0.1, 0.15) is 39.0 Å². The molecule has 2 aliphatic heterocycles. The summed E-state index contributed by atoms with van der Waals surface area (Å²) in [6.07, 6.45) is 2.87. The second-order valence-electron chi connectivity index (χ2n) is 8.29. The fourth-order valence-electron chi connectivity index (χ4n) is 3.94. The third-order valence-corrected chi connectivity index (χ3v) is 7.07. The molecule has 0 fully saturated rings. The van der Waals surface area contributed by atoms with Crippen molar-refractivity contribution in [3.8, 4) is 5.75 Å². The van der Waals surface area contributed by atoms with Crippen LogP contribution in [0.25, 0.3) is 0 Å². The number of anilines is 2. The van der Waals surface area contributed by atoms with Crippen LogP contribution in [0.3, 0.4) is 0 Å². The van der Waals surface area contributed by atoms with Crippen LogP contribution in [0.5, 0.6) is 5.75 Å². The number of amides is 2. The van der Waals surface area contributed by atoms with Crippen molar-refractivity contribution in [2.45, 2.75) is 50.0 Å². The molecule has 34 heavy (non-hydrogen) atoms. The van der Waals surface area contributed by atoms with Crippen molar-refractivity contribution in [1.29, 1.82) is 0 Å². The molecule has 1 atom stereocenters. The van der Waals surface area contributed by atoms with Gasteiger partial charge in [0, 0.05) is 31.6 Å². The molecule has 2 aromatic carbocycles. The number of ether oxygens (including phenoxy) is 1. The van der Waals surface area contributed by atoms with Gasteiger partial charge in [-0.05, 0) is 50.1 Å². The second-order valence-corrected chi connectivity index (χ2v) is 9.97.